The van der Waals surface area contributed by atoms with Crippen LogP contribution in [0.5, 0.6) is 0 Å². The summed E-state index contributed by atoms with van der Waals surface area (Å²) in [7, 11) is 1.26. The molecule has 0 aromatic heterocycles. The van der Waals surface area contributed by atoms with Crippen molar-refractivity contribution in [1.29, 1.82) is 0 Å². The molecule has 0 aliphatic carbocycles. The minimum atomic E-state index is -1.60. The smallest absolute Gasteiger partial charge is 0.338 e. The molecule has 0 amide bonds. The second-order valence-corrected chi connectivity index (χ2v) is 5.18. The first-order chi connectivity index (χ1) is 10.1. The van der Waals surface area contributed by atoms with E-state index < -0.39 is 11.6 Å². The van der Waals surface area contributed by atoms with Crippen molar-refractivity contribution in [2.24, 2.45) is 0 Å². The molecule has 1 aromatic carbocycles. The number of methoxy groups -OCH3 is 1. The third kappa shape index (κ3) is 4.90. The van der Waals surface area contributed by atoms with E-state index in [4.69, 9.17) is 4.74 Å². The lowest BCUT2D eigenvalue weighted by atomic mass is 9.87. The summed E-state index contributed by atoms with van der Waals surface area (Å²) < 4.78 is 4.73. The van der Waals surface area contributed by atoms with E-state index >= 15 is 0 Å². The lowest BCUT2D eigenvalue weighted by Crippen LogP contribution is -2.40. The van der Waals surface area contributed by atoms with E-state index in [1.165, 1.54) is 7.11 Å². The highest BCUT2D eigenvalue weighted by molar-refractivity contribution is 5.82. The maximum Gasteiger partial charge on any atom is 0.338 e. The van der Waals surface area contributed by atoms with Crippen molar-refractivity contribution in [3.05, 3.63) is 42.2 Å². The molecule has 0 aliphatic heterocycles. The lowest BCUT2D eigenvalue weighted by molar-refractivity contribution is -0.162. The summed E-state index contributed by atoms with van der Waals surface area (Å²) in [4.78, 5) is 11.9. The highest BCUT2D eigenvalue weighted by atomic mass is 16.5. The van der Waals surface area contributed by atoms with Crippen LogP contribution in [-0.2, 0) is 9.53 Å². The van der Waals surface area contributed by atoms with Gasteiger partial charge in [-0.25, -0.2) is 4.79 Å². The molecule has 0 spiro atoms. The molecule has 0 saturated carbocycles. The zero-order valence-electron chi connectivity index (χ0n) is 12.7. The standard InChI is InChI=1S/C17H24O4/c1-3-4-8-11-17(20,16(19)21-2)12-15(13-18)14-9-6-5-7-10-14/h5-7,9-10,13,18,20H,3-4,8,11-12H2,1-2H3. The van der Waals surface area contributed by atoms with Gasteiger partial charge in [-0.3, -0.25) is 0 Å². The molecule has 0 bridgehead atoms. The Balaban J connectivity index is 2.91. The first kappa shape index (κ1) is 17.2. The van der Waals surface area contributed by atoms with Crippen LogP contribution in [0, 0.1) is 0 Å². The number of carbonyl (C=O) groups is 1. The second kappa shape index (κ2) is 8.47. The van der Waals surface area contributed by atoms with Crippen molar-refractivity contribution in [2.75, 3.05) is 7.11 Å². The quantitative estimate of drug-likeness (QED) is 0.437. The fraction of sp³-hybridized carbons (Fsp3) is 0.471. The van der Waals surface area contributed by atoms with Crippen LogP contribution in [0.15, 0.2) is 36.6 Å². The van der Waals surface area contributed by atoms with Crippen LogP contribution in [0.2, 0.25) is 0 Å². The van der Waals surface area contributed by atoms with E-state index in [1.54, 1.807) is 0 Å². The number of unbranched alkanes of at least 4 members (excludes halogenated alkanes) is 2. The summed E-state index contributed by atoms with van der Waals surface area (Å²) >= 11 is 0. The number of rotatable bonds is 8. The van der Waals surface area contributed by atoms with Gasteiger partial charge < -0.3 is 14.9 Å². The van der Waals surface area contributed by atoms with Crippen molar-refractivity contribution in [3.63, 3.8) is 0 Å². The number of esters is 1. The Kier molecular flexibility index (Phi) is 6.96. The summed E-state index contributed by atoms with van der Waals surface area (Å²) in [5, 5.41) is 20.1. The van der Waals surface area contributed by atoms with Crippen molar-refractivity contribution >= 4 is 11.5 Å². The predicted molar refractivity (Wildman–Crippen MR) is 82.8 cm³/mol. The van der Waals surface area contributed by atoms with Crippen LogP contribution >= 0.6 is 0 Å². The summed E-state index contributed by atoms with van der Waals surface area (Å²) in [6.45, 7) is 2.06. The van der Waals surface area contributed by atoms with E-state index in [-0.39, 0.29) is 6.42 Å². The zero-order chi connectivity index (χ0) is 15.7. The molecule has 116 valence electrons. The Labute approximate surface area is 126 Å². The first-order valence-electron chi connectivity index (χ1n) is 7.27. The van der Waals surface area contributed by atoms with Crippen molar-refractivity contribution in [2.45, 2.75) is 44.6 Å². The van der Waals surface area contributed by atoms with Gasteiger partial charge in [0.05, 0.1) is 13.4 Å². The van der Waals surface area contributed by atoms with Crippen LogP contribution in [0.1, 0.15) is 44.6 Å². The Hall–Kier alpha value is -1.81. The Bertz CT molecular complexity index is 467. The van der Waals surface area contributed by atoms with Crippen molar-refractivity contribution < 1.29 is 19.7 Å². The number of aliphatic hydroxyl groups is 2. The highest BCUT2D eigenvalue weighted by Crippen LogP contribution is 2.30. The summed E-state index contributed by atoms with van der Waals surface area (Å²) in [5.41, 5.74) is -0.313. The fourth-order valence-corrected chi connectivity index (χ4v) is 2.31. The largest absolute Gasteiger partial charge is 0.515 e. The van der Waals surface area contributed by atoms with Crippen LogP contribution < -0.4 is 0 Å². The third-order valence-electron chi connectivity index (χ3n) is 3.54. The molecule has 1 aromatic rings. The van der Waals surface area contributed by atoms with E-state index in [1.807, 2.05) is 30.3 Å². The number of hydrogen-bond acceptors (Lipinski definition) is 4. The number of hydrogen-bond donors (Lipinski definition) is 2. The molecule has 2 N–H and O–H groups in total. The summed E-state index contributed by atoms with van der Waals surface area (Å²) in [6.07, 6.45) is 3.96. The van der Waals surface area contributed by atoms with Gasteiger partial charge in [-0.05, 0) is 24.0 Å². The number of benzene rings is 1. The highest BCUT2D eigenvalue weighted by Gasteiger charge is 2.37. The molecule has 1 atom stereocenters. The zero-order valence-corrected chi connectivity index (χ0v) is 12.7. The van der Waals surface area contributed by atoms with E-state index in [0.717, 1.165) is 31.1 Å². The maximum atomic E-state index is 11.9. The SMILES string of the molecule is CCCCCC(O)(CC(=CO)c1ccccc1)C(=O)OC. The third-order valence-corrected chi connectivity index (χ3v) is 3.54. The van der Waals surface area contributed by atoms with Crippen molar-refractivity contribution in [1.82, 2.24) is 0 Å². The average Bonchev–Trinajstić information content (AvgIpc) is 2.53. The Morgan fingerprint density at radius 1 is 1.29 bits per heavy atom. The lowest BCUT2D eigenvalue weighted by Gasteiger charge is -2.26. The van der Waals surface area contributed by atoms with Crippen LogP contribution in [0.25, 0.3) is 5.57 Å². The molecule has 4 heteroatoms. The molecular weight excluding hydrogens is 268 g/mol. The molecule has 21 heavy (non-hydrogen) atoms. The monoisotopic (exact) mass is 292 g/mol. The minimum Gasteiger partial charge on any atom is -0.515 e. The van der Waals surface area contributed by atoms with Gasteiger partial charge in [0.25, 0.3) is 0 Å². The van der Waals surface area contributed by atoms with E-state index in [0.29, 0.717) is 12.0 Å². The van der Waals surface area contributed by atoms with Gasteiger partial charge in [0, 0.05) is 6.42 Å². The summed E-state index contributed by atoms with van der Waals surface area (Å²) in [5.74, 6) is -0.658. The van der Waals surface area contributed by atoms with Gasteiger partial charge in [0.15, 0.2) is 5.60 Å². The maximum absolute atomic E-state index is 11.9. The number of ether oxygens (including phenoxy) is 1. The van der Waals surface area contributed by atoms with Crippen molar-refractivity contribution in [3.8, 4) is 0 Å². The Morgan fingerprint density at radius 3 is 2.48 bits per heavy atom. The van der Waals surface area contributed by atoms with Crippen LogP contribution in [0.3, 0.4) is 0 Å². The van der Waals surface area contributed by atoms with Gasteiger partial charge in [-0.2, -0.15) is 0 Å². The Morgan fingerprint density at radius 2 is 1.95 bits per heavy atom. The normalized spacial score (nSPS) is 14.5. The summed E-state index contributed by atoms with van der Waals surface area (Å²) in [6, 6.07) is 9.20. The molecule has 0 saturated heterocycles. The molecule has 4 nitrogen and oxygen atoms in total. The van der Waals surface area contributed by atoms with Gasteiger partial charge in [-0.15, -0.1) is 0 Å². The fourth-order valence-electron chi connectivity index (χ4n) is 2.31. The number of aliphatic hydroxyl groups excluding tert-OH is 1. The van der Waals surface area contributed by atoms with Crippen LogP contribution in [-0.4, -0.2) is 28.9 Å². The minimum absolute atomic E-state index is 0.0316. The molecule has 1 unspecified atom stereocenters. The van der Waals surface area contributed by atoms with E-state index in [2.05, 4.69) is 6.92 Å². The molecule has 0 radical (unpaired) electrons. The average molecular weight is 292 g/mol. The topological polar surface area (TPSA) is 66.8 Å². The first-order valence-corrected chi connectivity index (χ1v) is 7.27. The van der Waals surface area contributed by atoms with Gasteiger partial charge in [-0.1, -0.05) is 50.1 Å². The molecule has 0 fully saturated rings. The van der Waals surface area contributed by atoms with Gasteiger partial charge in [0.2, 0.25) is 0 Å². The van der Waals surface area contributed by atoms with Gasteiger partial charge in [0.1, 0.15) is 0 Å². The molecule has 0 aliphatic rings. The van der Waals surface area contributed by atoms with E-state index in [9.17, 15) is 15.0 Å². The molecular formula is C17H24O4. The molecule has 1 rings (SSSR count). The number of carbonyl (C=O) groups excluding carboxylic acids is 1. The molecule has 0 heterocycles. The second-order valence-electron chi connectivity index (χ2n) is 5.18. The van der Waals surface area contributed by atoms with Crippen LogP contribution in [0.4, 0.5) is 0 Å². The predicted octanol–water partition coefficient (Wildman–Crippen LogP) is 3.46. The van der Waals surface area contributed by atoms with Gasteiger partial charge >= 0.3 is 5.97 Å².